The van der Waals surface area contributed by atoms with Crippen LogP contribution >= 0.6 is 0 Å². The van der Waals surface area contributed by atoms with Crippen LogP contribution in [0.1, 0.15) is 71.7 Å². The Hall–Kier alpha value is -5.69. The topological polar surface area (TPSA) is 125 Å². The normalized spacial score (nSPS) is 26.3. The number of hydrogen-bond acceptors (Lipinski definition) is 7. The molecule has 4 aliphatic rings. The average molecular weight is 695 g/mol. The summed E-state index contributed by atoms with van der Waals surface area (Å²) in [5.41, 5.74) is 2.96. The highest BCUT2D eigenvalue weighted by atomic mass is 16.6. The molecule has 0 bridgehead atoms. The van der Waals surface area contributed by atoms with E-state index in [1.54, 1.807) is 24.3 Å². The molecule has 0 unspecified atom stereocenters. The summed E-state index contributed by atoms with van der Waals surface area (Å²) >= 11 is 0. The average Bonchev–Trinajstić information content (AvgIpc) is 3.66. The summed E-state index contributed by atoms with van der Waals surface area (Å²) < 4.78 is 12.1. The van der Waals surface area contributed by atoms with Gasteiger partial charge in [-0.05, 0) is 83.8 Å². The molecule has 3 N–H and O–H groups in total. The second kappa shape index (κ2) is 13.8. The molecule has 1 amide bonds. The number of hydrogen-bond donors (Lipinski definition) is 3. The molecule has 0 radical (unpaired) electrons. The molecule has 2 saturated heterocycles. The van der Waals surface area contributed by atoms with Gasteiger partial charge in [-0.15, -0.1) is 0 Å². The maximum atomic E-state index is 14.9. The number of carboxylic acids is 1. The first-order valence-electron chi connectivity index (χ1n) is 17.7. The lowest BCUT2D eigenvalue weighted by molar-refractivity contribution is -0.179. The Morgan fingerprint density at radius 3 is 2.35 bits per heavy atom. The summed E-state index contributed by atoms with van der Waals surface area (Å²) in [4.78, 5) is 45.1. The van der Waals surface area contributed by atoms with Crippen molar-refractivity contribution in [2.45, 2.75) is 55.3 Å². The molecule has 52 heavy (non-hydrogen) atoms. The van der Waals surface area contributed by atoms with E-state index in [1.165, 1.54) is 0 Å². The third-order valence-electron chi connectivity index (χ3n) is 10.8. The monoisotopic (exact) mass is 694 g/mol. The minimum absolute atomic E-state index is 0.0418. The number of nitrogens with one attached hydrogen (secondary N) is 1. The maximum Gasteiger partial charge on any atom is 0.325 e. The summed E-state index contributed by atoms with van der Waals surface area (Å²) in [6, 6.07) is 28.5. The molecule has 0 aromatic heterocycles. The molecule has 8 rings (SSSR count). The highest BCUT2D eigenvalue weighted by molar-refractivity contribution is 6.11. The Morgan fingerprint density at radius 1 is 0.885 bits per heavy atom. The first-order valence-corrected chi connectivity index (χ1v) is 17.7. The van der Waals surface area contributed by atoms with E-state index in [0.29, 0.717) is 28.1 Å². The van der Waals surface area contributed by atoms with Crippen LogP contribution in [-0.2, 0) is 24.5 Å². The predicted molar refractivity (Wildman–Crippen MR) is 193 cm³/mol. The van der Waals surface area contributed by atoms with Gasteiger partial charge in [-0.1, -0.05) is 90.7 Å². The Labute approximate surface area is 301 Å². The van der Waals surface area contributed by atoms with Gasteiger partial charge in [0.15, 0.2) is 0 Å². The van der Waals surface area contributed by atoms with Crippen molar-refractivity contribution in [3.63, 3.8) is 0 Å². The van der Waals surface area contributed by atoms with Crippen LogP contribution in [0, 0.1) is 17.8 Å². The van der Waals surface area contributed by atoms with Gasteiger partial charge in [0.05, 0.1) is 18.7 Å². The first-order chi connectivity index (χ1) is 25.4. The minimum Gasteiger partial charge on any atom is -0.491 e. The van der Waals surface area contributed by atoms with Crippen molar-refractivity contribution in [2.24, 2.45) is 5.92 Å². The van der Waals surface area contributed by atoms with Crippen molar-refractivity contribution >= 4 is 23.5 Å². The zero-order valence-corrected chi connectivity index (χ0v) is 28.4. The molecule has 6 atom stereocenters. The molecule has 9 heteroatoms. The van der Waals surface area contributed by atoms with Gasteiger partial charge in [0.1, 0.15) is 35.8 Å². The molecular weight excluding hydrogens is 656 g/mol. The number of fused-ring (bicyclic) bond motifs is 3. The third kappa shape index (κ3) is 5.56. The van der Waals surface area contributed by atoms with Crippen molar-refractivity contribution in [3.05, 3.63) is 143 Å². The number of nitrogens with zero attached hydrogens (tertiary/aromatic N) is 1. The number of ether oxygens (including phenoxy) is 2. The van der Waals surface area contributed by atoms with Gasteiger partial charge < -0.3 is 25.0 Å². The number of aliphatic hydroxyl groups excluding tert-OH is 1. The number of anilines is 1. The molecule has 4 aromatic rings. The molecule has 0 saturated carbocycles. The minimum atomic E-state index is -1.79. The summed E-state index contributed by atoms with van der Waals surface area (Å²) in [7, 11) is 0. The van der Waals surface area contributed by atoms with Crippen molar-refractivity contribution < 1.29 is 34.1 Å². The first kappa shape index (κ1) is 33.5. The van der Waals surface area contributed by atoms with Crippen molar-refractivity contribution in [1.82, 2.24) is 4.90 Å². The number of carboxylic acid groups (broad SMARTS) is 1. The fraction of sp³-hybridized carbons (Fsp3) is 0.279. The fourth-order valence-electron chi connectivity index (χ4n) is 8.69. The largest absolute Gasteiger partial charge is 0.491 e. The van der Waals surface area contributed by atoms with Crippen molar-refractivity contribution in [2.75, 3.05) is 18.5 Å². The number of aliphatic carboxylic acids is 1. The summed E-state index contributed by atoms with van der Waals surface area (Å²) in [6.45, 7) is -0.162. The van der Waals surface area contributed by atoms with Crippen LogP contribution in [-0.4, -0.2) is 52.2 Å². The highest BCUT2D eigenvalue weighted by Gasteiger charge is 2.74. The standard InChI is InChI=1S/C43H38N2O7/c46-23-24-51-32-18-10-17-31(26-32)39-43(33-25-28(21-22-34(33)44-42(43)50)20-19-27-11-4-1-5-12-27)35(40(47)48)37-41(49)52-38(30-15-8-3-9-16-30)36(45(37)39)29-13-6-2-7-14-29/h2-3,6-11,13-18,21-22,25-26,35-39,46H,1,4-5,12,23-24H2,(H,44,50)(H,47,48)/t35-,36-,37-,38+,39+,43-/m1/s1. The van der Waals surface area contributed by atoms with E-state index in [-0.39, 0.29) is 13.2 Å². The quantitative estimate of drug-likeness (QED) is 0.153. The third-order valence-corrected chi connectivity index (χ3v) is 10.8. The van der Waals surface area contributed by atoms with Gasteiger partial charge in [-0.2, -0.15) is 0 Å². The highest BCUT2D eigenvalue weighted by Crippen LogP contribution is 2.64. The predicted octanol–water partition coefficient (Wildman–Crippen LogP) is 6.27. The molecule has 1 spiro atoms. The number of allylic oxidation sites excluding steroid dienone is 2. The van der Waals surface area contributed by atoms with E-state index in [9.17, 15) is 24.6 Å². The number of rotatable bonds is 7. The van der Waals surface area contributed by atoms with E-state index in [1.807, 2.05) is 83.8 Å². The second-order valence-electron chi connectivity index (χ2n) is 13.7. The van der Waals surface area contributed by atoms with Crippen molar-refractivity contribution in [3.8, 4) is 17.6 Å². The Bertz CT molecular complexity index is 2120. The zero-order valence-electron chi connectivity index (χ0n) is 28.4. The van der Waals surface area contributed by atoms with Gasteiger partial charge >= 0.3 is 11.9 Å². The smallest absolute Gasteiger partial charge is 0.325 e. The Morgan fingerprint density at radius 2 is 1.63 bits per heavy atom. The number of cyclic esters (lactones) is 1. The lowest BCUT2D eigenvalue weighted by Crippen LogP contribution is -2.52. The summed E-state index contributed by atoms with van der Waals surface area (Å²) in [5.74, 6) is 2.94. The Balaban J connectivity index is 1.40. The number of esters is 1. The van der Waals surface area contributed by atoms with Gasteiger partial charge in [0.25, 0.3) is 0 Å². The van der Waals surface area contributed by atoms with E-state index in [4.69, 9.17) is 9.47 Å². The Kier molecular flexibility index (Phi) is 8.87. The van der Waals surface area contributed by atoms with Crippen molar-refractivity contribution in [1.29, 1.82) is 0 Å². The summed E-state index contributed by atoms with van der Waals surface area (Å²) in [6.07, 6.45) is 5.44. The maximum absolute atomic E-state index is 14.9. The van der Waals surface area contributed by atoms with Crippen LogP contribution in [0.2, 0.25) is 0 Å². The lowest BCUT2D eigenvalue weighted by Gasteiger charge is -2.46. The summed E-state index contributed by atoms with van der Waals surface area (Å²) in [5, 5.41) is 23.8. The van der Waals surface area contributed by atoms with Crippen LogP contribution < -0.4 is 10.1 Å². The molecule has 2 fully saturated rings. The van der Waals surface area contributed by atoms with Crippen LogP contribution in [0.3, 0.4) is 0 Å². The number of benzene rings is 4. The number of carbonyl (C=O) groups is 3. The van der Waals surface area contributed by atoms with Crippen LogP contribution in [0.15, 0.2) is 115 Å². The molecule has 4 aromatic carbocycles. The van der Waals surface area contributed by atoms with Gasteiger partial charge in [-0.3, -0.25) is 19.3 Å². The zero-order chi connectivity index (χ0) is 35.8. The van der Waals surface area contributed by atoms with E-state index in [0.717, 1.165) is 42.4 Å². The van der Waals surface area contributed by atoms with Gasteiger partial charge in [0.2, 0.25) is 5.91 Å². The molecule has 9 nitrogen and oxygen atoms in total. The molecule has 3 heterocycles. The van der Waals surface area contributed by atoms with Gasteiger partial charge in [-0.25, -0.2) is 0 Å². The number of aliphatic hydroxyl groups is 1. The van der Waals surface area contributed by atoms with Gasteiger partial charge in [0, 0.05) is 11.3 Å². The van der Waals surface area contributed by atoms with E-state index >= 15 is 0 Å². The van der Waals surface area contributed by atoms with Crippen LogP contribution in [0.25, 0.3) is 0 Å². The number of amides is 1. The number of carbonyl (C=O) groups excluding carboxylic acids is 2. The SMILES string of the molecule is O=C1O[C@@H](c2ccccc2)[C@@H](c2ccccc2)N2[C@@H](c3cccc(OCCO)c3)[C@]3(C(=O)Nc4ccc(C#CC5=CCCCC5)cc43)[C@@H](C(=O)O)[C@H]12. The second-order valence-corrected chi connectivity index (χ2v) is 13.7. The fourth-order valence-corrected chi connectivity index (χ4v) is 8.69. The van der Waals surface area contributed by atoms with E-state index < -0.39 is 53.4 Å². The molecular formula is C43H38N2O7. The molecule has 1 aliphatic carbocycles. The number of morpholine rings is 1. The molecule has 3 aliphatic heterocycles. The van der Waals surface area contributed by atoms with Crippen LogP contribution in [0.4, 0.5) is 5.69 Å². The van der Waals surface area contributed by atoms with Crippen LogP contribution in [0.5, 0.6) is 5.75 Å². The van der Waals surface area contributed by atoms with E-state index in [2.05, 4.69) is 23.2 Å². The lowest BCUT2D eigenvalue weighted by atomic mass is 9.65. The molecule has 262 valence electrons.